The molecule has 1 aromatic heterocycles. The van der Waals surface area contributed by atoms with Crippen molar-refractivity contribution in [3.63, 3.8) is 0 Å². The maximum absolute atomic E-state index is 13.3. The molecule has 166 valence electrons. The molecule has 0 aliphatic rings. The number of ketones is 1. The van der Waals surface area contributed by atoms with Gasteiger partial charge in [0, 0.05) is 10.4 Å². The Bertz CT molecular complexity index is 864. The lowest BCUT2D eigenvalue weighted by atomic mass is 9.82. The van der Waals surface area contributed by atoms with Gasteiger partial charge in [-0.05, 0) is 48.4 Å². The van der Waals surface area contributed by atoms with Crippen molar-refractivity contribution in [2.24, 2.45) is 11.7 Å². The molecule has 2 rings (SSSR count). The van der Waals surface area contributed by atoms with Crippen LogP contribution in [0.2, 0.25) is 0 Å². The summed E-state index contributed by atoms with van der Waals surface area (Å²) in [5, 5.41) is 12.4. The number of carbonyl (C=O) groups is 1. The lowest BCUT2D eigenvalue weighted by molar-refractivity contribution is -0.185. The van der Waals surface area contributed by atoms with Crippen LogP contribution in [0, 0.1) is 5.92 Å². The van der Waals surface area contributed by atoms with E-state index in [1.807, 2.05) is 6.92 Å². The van der Waals surface area contributed by atoms with Gasteiger partial charge in [0.2, 0.25) is 5.78 Å². The second-order valence-electron chi connectivity index (χ2n) is 7.02. The van der Waals surface area contributed by atoms with E-state index in [0.717, 1.165) is 11.3 Å². The van der Waals surface area contributed by atoms with Crippen molar-refractivity contribution in [2.45, 2.75) is 44.5 Å². The highest BCUT2D eigenvalue weighted by Gasteiger charge is 2.51. The number of nitrogens with two attached hydrogens (primary N) is 1. The van der Waals surface area contributed by atoms with E-state index in [4.69, 9.17) is 15.2 Å². The zero-order valence-electron chi connectivity index (χ0n) is 17.1. The van der Waals surface area contributed by atoms with Crippen LogP contribution in [-0.2, 0) is 23.4 Å². The van der Waals surface area contributed by atoms with Crippen molar-refractivity contribution in [3.8, 4) is 11.5 Å². The van der Waals surface area contributed by atoms with Gasteiger partial charge in [-0.2, -0.15) is 13.2 Å². The second-order valence-corrected chi connectivity index (χ2v) is 8.02. The summed E-state index contributed by atoms with van der Waals surface area (Å²) in [5.74, 6) is -3.01. The van der Waals surface area contributed by atoms with Crippen LogP contribution in [0.15, 0.2) is 29.6 Å². The number of rotatable bonds is 10. The third-order valence-electron chi connectivity index (χ3n) is 4.91. The Morgan fingerprint density at radius 3 is 2.40 bits per heavy atom. The number of carbonyl (C=O) groups excluding carboxylic acids is 1. The van der Waals surface area contributed by atoms with Crippen LogP contribution in [0.1, 0.15) is 35.8 Å². The monoisotopic (exact) mass is 445 g/mol. The first-order chi connectivity index (χ1) is 14.0. The Morgan fingerprint density at radius 2 is 1.83 bits per heavy atom. The average molecular weight is 446 g/mol. The number of alkyl halides is 3. The zero-order valence-corrected chi connectivity index (χ0v) is 17.9. The molecule has 30 heavy (non-hydrogen) atoms. The van der Waals surface area contributed by atoms with Crippen molar-refractivity contribution in [2.75, 3.05) is 14.2 Å². The molecule has 1 unspecified atom stereocenters. The molecular formula is C21H26F3NO4S. The minimum absolute atomic E-state index is 0.0817. The fourth-order valence-electron chi connectivity index (χ4n) is 3.27. The van der Waals surface area contributed by atoms with E-state index in [-0.39, 0.29) is 18.4 Å². The number of methoxy groups -OCH3 is 2. The molecule has 5 nitrogen and oxygen atoms in total. The molecule has 0 fully saturated rings. The summed E-state index contributed by atoms with van der Waals surface area (Å²) in [6.07, 6.45) is -3.77. The topological polar surface area (TPSA) is 81.8 Å². The largest absolute Gasteiger partial charge is 0.493 e. The normalized spacial score (nSPS) is 14.8. The zero-order chi connectivity index (χ0) is 22.5. The van der Waals surface area contributed by atoms with Gasteiger partial charge in [0.15, 0.2) is 17.2 Å². The standard InChI is InChI=1S/C21H26F3NO4S/c1-4-5-15-11-14(12-30-15)20(25,27)16(19(26)21(22,23)24)8-6-13-7-9-17(28-2)18(10-13)29-3/h7,9-12,16,27H,4-6,8,25H2,1-3H3/t16-,20?/m0/s1. The Balaban J connectivity index is 2.32. The smallest absolute Gasteiger partial charge is 0.450 e. The number of benzene rings is 1. The van der Waals surface area contributed by atoms with E-state index < -0.39 is 23.6 Å². The Labute approximate surface area is 177 Å². The molecule has 3 N–H and O–H groups in total. The van der Waals surface area contributed by atoms with Gasteiger partial charge in [-0.25, -0.2) is 0 Å². The van der Waals surface area contributed by atoms with E-state index in [2.05, 4.69) is 0 Å². The molecule has 0 bridgehead atoms. The van der Waals surface area contributed by atoms with Crippen molar-refractivity contribution < 1.29 is 32.5 Å². The van der Waals surface area contributed by atoms with E-state index in [9.17, 15) is 23.1 Å². The average Bonchev–Trinajstić information content (AvgIpc) is 3.16. The van der Waals surface area contributed by atoms with Crippen molar-refractivity contribution >= 4 is 17.1 Å². The molecule has 0 aliphatic heterocycles. The summed E-state index contributed by atoms with van der Waals surface area (Å²) < 4.78 is 50.1. The fraction of sp³-hybridized carbons (Fsp3) is 0.476. The number of ether oxygens (including phenoxy) is 2. The lowest BCUT2D eigenvalue weighted by Crippen LogP contribution is -2.51. The number of Topliss-reactive ketones (excluding diaryl/α,β-unsaturated/α-hetero) is 1. The van der Waals surface area contributed by atoms with Crippen LogP contribution in [0.3, 0.4) is 0 Å². The molecule has 0 saturated carbocycles. The molecule has 1 heterocycles. The number of halogens is 3. The number of aliphatic hydroxyl groups is 1. The van der Waals surface area contributed by atoms with Crippen LogP contribution in [0.4, 0.5) is 13.2 Å². The van der Waals surface area contributed by atoms with E-state index in [1.54, 1.807) is 24.3 Å². The van der Waals surface area contributed by atoms with E-state index in [0.29, 0.717) is 23.5 Å². The highest BCUT2D eigenvalue weighted by atomic mass is 32.1. The molecule has 0 saturated heterocycles. The molecule has 0 amide bonds. The van der Waals surface area contributed by atoms with Crippen LogP contribution < -0.4 is 15.2 Å². The number of aryl methyl sites for hydroxylation is 2. The summed E-state index contributed by atoms with van der Waals surface area (Å²) >= 11 is 1.30. The highest BCUT2D eigenvalue weighted by Crippen LogP contribution is 2.37. The number of hydrogen-bond acceptors (Lipinski definition) is 6. The van der Waals surface area contributed by atoms with Gasteiger partial charge in [-0.15, -0.1) is 11.3 Å². The minimum Gasteiger partial charge on any atom is -0.493 e. The first kappa shape index (κ1) is 24.2. The highest BCUT2D eigenvalue weighted by molar-refractivity contribution is 7.10. The van der Waals surface area contributed by atoms with Gasteiger partial charge in [-0.3, -0.25) is 10.5 Å². The first-order valence-electron chi connectivity index (χ1n) is 9.45. The predicted octanol–water partition coefficient (Wildman–Crippen LogP) is 4.20. The van der Waals surface area contributed by atoms with Gasteiger partial charge >= 0.3 is 6.18 Å². The third-order valence-corrected chi connectivity index (χ3v) is 5.91. The number of thiophene rings is 1. The van der Waals surface area contributed by atoms with E-state index >= 15 is 0 Å². The van der Waals surface area contributed by atoms with Crippen molar-refractivity contribution in [1.29, 1.82) is 0 Å². The van der Waals surface area contributed by atoms with Gasteiger partial charge in [0.05, 0.1) is 20.1 Å². The van der Waals surface area contributed by atoms with Crippen LogP contribution >= 0.6 is 11.3 Å². The summed E-state index contributed by atoms with van der Waals surface area (Å²) in [7, 11) is 2.92. The quantitative estimate of drug-likeness (QED) is 0.536. The first-order valence-corrected chi connectivity index (χ1v) is 10.3. The maximum atomic E-state index is 13.3. The van der Waals surface area contributed by atoms with Gasteiger partial charge in [-0.1, -0.05) is 19.4 Å². The Morgan fingerprint density at radius 1 is 1.17 bits per heavy atom. The lowest BCUT2D eigenvalue weighted by Gasteiger charge is -2.32. The van der Waals surface area contributed by atoms with Crippen LogP contribution in [0.5, 0.6) is 11.5 Å². The molecule has 1 aromatic carbocycles. The number of hydrogen-bond donors (Lipinski definition) is 2. The SMILES string of the molecule is CCCc1cc(C(N)(O)[C@@H](CCc2ccc(OC)c(OC)c2)C(=O)C(F)(F)F)cs1. The van der Waals surface area contributed by atoms with Crippen LogP contribution in [0.25, 0.3) is 0 Å². The predicted molar refractivity (Wildman–Crippen MR) is 109 cm³/mol. The summed E-state index contributed by atoms with van der Waals surface area (Å²) in [5.41, 5.74) is 4.26. The fourth-order valence-corrected chi connectivity index (χ4v) is 4.32. The Hall–Kier alpha value is -2.10. The van der Waals surface area contributed by atoms with Crippen molar-refractivity contribution in [3.05, 3.63) is 45.6 Å². The van der Waals surface area contributed by atoms with Gasteiger partial charge in [0.25, 0.3) is 0 Å². The maximum Gasteiger partial charge on any atom is 0.450 e. The summed E-state index contributed by atoms with van der Waals surface area (Å²) in [4.78, 5) is 13.0. The third kappa shape index (κ3) is 5.53. The van der Waals surface area contributed by atoms with Gasteiger partial charge in [0.1, 0.15) is 0 Å². The minimum atomic E-state index is -5.11. The molecule has 2 atom stereocenters. The molecule has 0 spiro atoms. The van der Waals surface area contributed by atoms with Crippen molar-refractivity contribution in [1.82, 2.24) is 0 Å². The molecule has 0 aliphatic carbocycles. The molecule has 2 aromatic rings. The Kier molecular flexibility index (Phi) is 7.90. The molecular weight excluding hydrogens is 419 g/mol. The molecule has 9 heteroatoms. The van der Waals surface area contributed by atoms with Crippen LogP contribution in [-0.4, -0.2) is 31.3 Å². The second kappa shape index (κ2) is 9.80. The molecule has 0 radical (unpaired) electrons. The van der Waals surface area contributed by atoms with E-state index in [1.165, 1.54) is 30.9 Å². The summed E-state index contributed by atoms with van der Waals surface area (Å²) in [6.45, 7) is 1.97. The summed E-state index contributed by atoms with van der Waals surface area (Å²) in [6, 6.07) is 6.48. The van der Waals surface area contributed by atoms with Gasteiger partial charge < -0.3 is 14.6 Å².